The van der Waals surface area contributed by atoms with E-state index in [1.807, 2.05) is 30.4 Å². The molecule has 1 N–H and O–H groups in total. The first-order valence-corrected chi connectivity index (χ1v) is 14.7. The molecule has 2 aliphatic heterocycles. The quantitative estimate of drug-likeness (QED) is 0.386. The summed E-state index contributed by atoms with van der Waals surface area (Å²) in [7, 11) is 3.97. The summed E-state index contributed by atoms with van der Waals surface area (Å²) in [5, 5.41) is 6.42. The molecule has 1 aromatic carbocycles. The largest absolute Gasteiger partial charge is 0.371 e. The molecule has 0 spiro atoms. The lowest BCUT2D eigenvalue weighted by atomic mass is 9.79. The van der Waals surface area contributed by atoms with Crippen molar-refractivity contribution in [1.29, 1.82) is 0 Å². The standard InChI is InChI=1S/C24H30IN7OS2/c1-30(2)22-28-24(35-29-22)32-12-7-17(8-13-32)16-5-10-31(11-6-16)18-3-4-19(20(25)15-18)21(33)27-23-26-9-14-34-23/h3-4,9,14-17H,5-8,10-13H2,1-2H3,(H,26,27,33). The van der Waals surface area contributed by atoms with Gasteiger partial charge in [0.05, 0.1) is 5.56 Å². The summed E-state index contributed by atoms with van der Waals surface area (Å²) in [6.45, 7) is 4.31. The van der Waals surface area contributed by atoms with Gasteiger partial charge < -0.3 is 14.7 Å². The van der Waals surface area contributed by atoms with Gasteiger partial charge in [0.2, 0.25) is 11.1 Å². The van der Waals surface area contributed by atoms with Gasteiger partial charge in [0.25, 0.3) is 5.91 Å². The van der Waals surface area contributed by atoms with Crippen LogP contribution in [0.5, 0.6) is 0 Å². The number of carbonyl (C=O) groups is 1. The molecule has 3 aromatic rings. The summed E-state index contributed by atoms with van der Waals surface area (Å²) < 4.78 is 5.43. The Balaban J connectivity index is 1.12. The zero-order valence-corrected chi connectivity index (χ0v) is 23.8. The van der Waals surface area contributed by atoms with Gasteiger partial charge in [-0.15, -0.1) is 11.3 Å². The molecule has 11 heteroatoms. The molecule has 5 rings (SSSR count). The first-order valence-electron chi connectivity index (χ1n) is 12.0. The van der Waals surface area contributed by atoms with Crippen molar-refractivity contribution in [3.8, 4) is 0 Å². The van der Waals surface area contributed by atoms with Crippen molar-refractivity contribution in [3.63, 3.8) is 0 Å². The maximum atomic E-state index is 12.6. The predicted molar refractivity (Wildman–Crippen MR) is 153 cm³/mol. The number of hydrogen-bond acceptors (Lipinski definition) is 9. The zero-order chi connectivity index (χ0) is 24.4. The zero-order valence-electron chi connectivity index (χ0n) is 20.0. The molecule has 8 nitrogen and oxygen atoms in total. The third kappa shape index (κ3) is 5.72. The fourth-order valence-corrected chi connectivity index (χ4v) is 7.10. The van der Waals surface area contributed by atoms with E-state index in [2.05, 4.69) is 64.2 Å². The molecule has 0 saturated carbocycles. The van der Waals surface area contributed by atoms with Crippen molar-refractivity contribution >= 4 is 73.3 Å². The second-order valence-electron chi connectivity index (χ2n) is 9.38. The van der Waals surface area contributed by atoms with Gasteiger partial charge in [-0.05, 0) is 78.3 Å². The van der Waals surface area contributed by atoms with E-state index in [-0.39, 0.29) is 5.91 Å². The van der Waals surface area contributed by atoms with Crippen molar-refractivity contribution < 1.29 is 4.79 Å². The van der Waals surface area contributed by atoms with Crippen molar-refractivity contribution in [2.75, 3.05) is 60.3 Å². The molecular weight excluding hydrogens is 593 g/mol. The van der Waals surface area contributed by atoms with Crippen molar-refractivity contribution in [3.05, 3.63) is 38.9 Å². The van der Waals surface area contributed by atoms with Crippen LogP contribution in [-0.4, -0.2) is 60.5 Å². The summed E-state index contributed by atoms with van der Waals surface area (Å²) in [5.74, 6) is 2.30. The normalized spacial score (nSPS) is 17.6. The van der Waals surface area contributed by atoms with Crippen LogP contribution in [0.15, 0.2) is 29.8 Å². The molecule has 2 fully saturated rings. The number of carbonyl (C=O) groups excluding carboxylic acids is 1. The number of amides is 1. The van der Waals surface area contributed by atoms with E-state index < -0.39 is 0 Å². The van der Waals surface area contributed by atoms with Crippen LogP contribution in [0, 0.1) is 15.4 Å². The van der Waals surface area contributed by atoms with Gasteiger partial charge in [-0.25, -0.2) is 4.98 Å². The van der Waals surface area contributed by atoms with Gasteiger partial charge in [-0.1, -0.05) is 0 Å². The van der Waals surface area contributed by atoms with Gasteiger partial charge in [0, 0.05) is 72.6 Å². The Bertz CT molecular complexity index is 1140. The van der Waals surface area contributed by atoms with E-state index in [0.29, 0.717) is 10.7 Å². The lowest BCUT2D eigenvalue weighted by molar-refractivity contribution is 0.102. The van der Waals surface area contributed by atoms with Crippen LogP contribution in [-0.2, 0) is 0 Å². The highest BCUT2D eigenvalue weighted by Gasteiger charge is 2.31. The number of benzene rings is 1. The summed E-state index contributed by atoms with van der Waals surface area (Å²) in [4.78, 5) is 28.3. The molecular formula is C24H30IN7OS2. The highest BCUT2D eigenvalue weighted by atomic mass is 127. The number of nitrogens with zero attached hydrogens (tertiary/aromatic N) is 6. The summed E-state index contributed by atoms with van der Waals surface area (Å²) in [6.07, 6.45) is 6.64. The maximum absolute atomic E-state index is 12.6. The maximum Gasteiger partial charge on any atom is 0.258 e. The van der Waals surface area contributed by atoms with Crippen molar-refractivity contribution in [2.24, 2.45) is 11.8 Å². The summed E-state index contributed by atoms with van der Waals surface area (Å²) in [6, 6.07) is 6.17. The number of aromatic nitrogens is 3. The third-order valence-electron chi connectivity index (χ3n) is 7.04. The molecule has 2 aromatic heterocycles. The molecule has 0 unspecified atom stereocenters. The van der Waals surface area contributed by atoms with E-state index in [4.69, 9.17) is 0 Å². The number of nitrogens with one attached hydrogen (secondary N) is 1. The van der Waals surface area contributed by atoms with Crippen molar-refractivity contribution in [2.45, 2.75) is 25.7 Å². The monoisotopic (exact) mass is 623 g/mol. The molecule has 186 valence electrons. The Kier molecular flexibility index (Phi) is 7.73. The fraction of sp³-hybridized carbons (Fsp3) is 0.500. The number of rotatable bonds is 6. The Morgan fingerprint density at radius 2 is 1.77 bits per heavy atom. The molecule has 0 atom stereocenters. The topological polar surface area (TPSA) is 77.5 Å². The number of piperidine rings is 2. The molecule has 2 saturated heterocycles. The van der Waals surface area contributed by atoms with Crippen LogP contribution in [0.3, 0.4) is 0 Å². The van der Waals surface area contributed by atoms with E-state index >= 15 is 0 Å². The van der Waals surface area contributed by atoms with E-state index in [0.717, 1.165) is 52.7 Å². The van der Waals surface area contributed by atoms with Crippen LogP contribution in [0.4, 0.5) is 21.9 Å². The lowest BCUT2D eigenvalue weighted by Crippen LogP contribution is -2.41. The van der Waals surface area contributed by atoms with Gasteiger partial charge in [0.1, 0.15) is 0 Å². The second kappa shape index (κ2) is 11.0. The minimum absolute atomic E-state index is 0.104. The third-order valence-corrected chi connectivity index (χ3v) is 9.38. The molecule has 0 aliphatic carbocycles. The smallest absolute Gasteiger partial charge is 0.258 e. The average Bonchev–Trinajstić information content (AvgIpc) is 3.57. The van der Waals surface area contributed by atoms with Crippen LogP contribution in [0.25, 0.3) is 0 Å². The minimum Gasteiger partial charge on any atom is -0.371 e. The van der Waals surface area contributed by atoms with Crippen LogP contribution < -0.4 is 20.0 Å². The van der Waals surface area contributed by atoms with Gasteiger partial charge in [0.15, 0.2) is 5.13 Å². The Morgan fingerprint density at radius 3 is 2.34 bits per heavy atom. The first-order chi connectivity index (χ1) is 17.0. The Morgan fingerprint density at radius 1 is 1.09 bits per heavy atom. The van der Waals surface area contributed by atoms with E-state index in [1.54, 1.807) is 6.20 Å². The van der Waals surface area contributed by atoms with Gasteiger partial charge in [-0.3, -0.25) is 10.1 Å². The van der Waals surface area contributed by atoms with Crippen LogP contribution >= 0.6 is 45.5 Å². The molecule has 1 amide bonds. The van der Waals surface area contributed by atoms with E-state index in [9.17, 15) is 4.79 Å². The summed E-state index contributed by atoms with van der Waals surface area (Å²) in [5.41, 5.74) is 1.90. The average molecular weight is 624 g/mol. The molecule has 2 aliphatic rings. The first kappa shape index (κ1) is 24.7. The molecule has 35 heavy (non-hydrogen) atoms. The molecule has 4 heterocycles. The lowest BCUT2D eigenvalue weighted by Gasteiger charge is -2.40. The van der Waals surface area contributed by atoms with Gasteiger partial charge >= 0.3 is 0 Å². The number of hydrogen-bond donors (Lipinski definition) is 1. The number of thiazole rings is 1. The van der Waals surface area contributed by atoms with E-state index in [1.165, 1.54) is 54.2 Å². The van der Waals surface area contributed by atoms with Gasteiger partial charge in [-0.2, -0.15) is 9.36 Å². The highest BCUT2D eigenvalue weighted by Crippen LogP contribution is 2.36. The number of anilines is 4. The van der Waals surface area contributed by atoms with Crippen LogP contribution in [0.1, 0.15) is 36.0 Å². The molecule has 0 bridgehead atoms. The summed E-state index contributed by atoms with van der Waals surface area (Å²) >= 11 is 5.21. The Labute approximate surface area is 228 Å². The second-order valence-corrected chi connectivity index (χ2v) is 12.2. The fourth-order valence-electron chi connectivity index (χ4n) is 5.04. The number of halogens is 1. The Hall–Kier alpha value is -1.99. The SMILES string of the molecule is CN(C)c1nsc(N2CCC(C3CCN(c4ccc(C(=O)Nc5nccs5)c(I)c4)CC3)CC2)n1. The predicted octanol–water partition coefficient (Wildman–Crippen LogP) is 5.05. The minimum atomic E-state index is -0.104. The van der Waals surface area contributed by atoms with Crippen molar-refractivity contribution in [1.82, 2.24) is 14.3 Å². The van der Waals surface area contributed by atoms with Crippen LogP contribution in [0.2, 0.25) is 0 Å². The highest BCUT2D eigenvalue weighted by molar-refractivity contribution is 14.1. The molecule has 0 radical (unpaired) electrons.